The van der Waals surface area contributed by atoms with E-state index in [9.17, 15) is 9.59 Å². The van der Waals surface area contributed by atoms with Crippen LogP contribution in [-0.4, -0.2) is 30.4 Å². The Kier molecular flexibility index (Phi) is 3.75. The number of methoxy groups -OCH3 is 1. The lowest BCUT2D eigenvalue weighted by Gasteiger charge is -2.14. The number of pyridine rings is 1. The topological polar surface area (TPSA) is 57.5 Å². The molecule has 1 unspecified atom stereocenters. The number of hydrogen-bond donors (Lipinski definition) is 0. The summed E-state index contributed by atoms with van der Waals surface area (Å²) in [7, 11) is 1.34. The minimum Gasteiger partial charge on any atom is -0.465 e. The Hall–Kier alpha value is -2.14. The van der Waals surface area contributed by atoms with Gasteiger partial charge in [0.05, 0.1) is 25.3 Å². The predicted molar refractivity (Wildman–Crippen MR) is 78.5 cm³/mol. The molecular weight excluding hydrogens is 270 g/mol. The molecule has 1 aliphatic rings. The summed E-state index contributed by atoms with van der Waals surface area (Å²) in [5.41, 5.74) is 0.305. The first-order chi connectivity index (χ1) is 10.2. The van der Waals surface area contributed by atoms with Crippen LogP contribution in [0.2, 0.25) is 0 Å². The van der Waals surface area contributed by atoms with Gasteiger partial charge in [-0.25, -0.2) is 4.79 Å². The molecule has 0 radical (unpaired) electrons. The van der Waals surface area contributed by atoms with Crippen molar-refractivity contribution in [1.29, 1.82) is 0 Å². The van der Waals surface area contributed by atoms with Gasteiger partial charge in [0.2, 0.25) is 0 Å². The fourth-order valence-electron chi connectivity index (χ4n) is 2.76. The fourth-order valence-corrected chi connectivity index (χ4v) is 2.76. The molecule has 1 fully saturated rings. The molecule has 21 heavy (non-hydrogen) atoms. The van der Waals surface area contributed by atoms with Gasteiger partial charge in [-0.1, -0.05) is 18.2 Å². The molecule has 2 heterocycles. The van der Waals surface area contributed by atoms with Gasteiger partial charge < -0.3 is 14.0 Å². The zero-order chi connectivity index (χ0) is 14.8. The van der Waals surface area contributed by atoms with Crippen LogP contribution in [-0.2, 0) is 16.0 Å². The van der Waals surface area contributed by atoms with Crippen LogP contribution in [0.1, 0.15) is 23.2 Å². The summed E-state index contributed by atoms with van der Waals surface area (Å²) in [5, 5.41) is 1.15. The molecule has 5 heteroatoms. The molecule has 110 valence electrons. The lowest BCUT2D eigenvalue weighted by molar-refractivity contribution is 0.0600. The molecule has 0 aliphatic carbocycles. The van der Waals surface area contributed by atoms with Crippen molar-refractivity contribution in [3.8, 4) is 0 Å². The first-order valence-electron chi connectivity index (χ1n) is 7.03. The number of fused-ring (bicyclic) bond motifs is 1. The van der Waals surface area contributed by atoms with Crippen molar-refractivity contribution in [2.24, 2.45) is 0 Å². The van der Waals surface area contributed by atoms with E-state index in [4.69, 9.17) is 9.47 Å². The molecule has 1 saturated heterocycles. The number of aromatic nitrogens is 1. The largest absolute Gasteiger partial charge is 0.465 e. The highest BCUT2D eigenvalue weighted by Gasteiger charge is 2.19. The summed E-state index contributed by atoms with van der Waals surface area (Å²) in [5.74, 6) is -0.438. The maximum Gasteiger partial charge on any atom is 0.339 e. The molecule has 1 aromatic heterocycles. The third-order valence-corrected chi connectivity index (χ3v) is 3.82. The first kappa shape index (κ1) is 13.8. The third kappa shape index (κ3) is 2.56. The van der Waals surface area contributed by atoms with Crippen LogP contribution in [0.3, 0.4) is 0 Å². The van der Waals surface area contributed by atoms with E-state index in [1.54, 1.807) is 35.0 Å². The predicted octanol–water partition coefficient (Wildman–Crippen LogP) is 1.97. The zero-order valence-corrected chi connectivity index (χ0v) is 11.9. The molecule has 5 nitrogen and oxygen atoms in total. The van der Waals surface area contributed by atoms with Crippen LogP contribution in [0.15, 0.2) is 35.3 Å². The second-order valence-corrected chi connectivity index (χ2v) is 5.17. The van der Waals surface area contributed by atoms with Gasteiger partial charge in [-0.3, -0.25) is 4.79 Å². The Morgan fingerprint density at radius 3 is 2.81 bits per heavy atom. The van der Waals surface area contributed by atoms with Gasteiger partial charge in [0.25, 0.3) is 5.56 Å². The Morgan fingerprint density at radius 2 is 2.14 bits per heavy atom. The molecular formula is C16H17NO4. The number of esters is 1. The molecule has 0 N–H and O–H groups in total. The average molecular weight is 287 g/mol. The Balaban J connectivity index is 2.13. The van der Waals surface area contributed by atoms with Crippen LogP contribution in [0.25, 0.3) is 10.8 Å². The molecule has 0 saturated carbocycles. The maximum atomic E-state index is 12.5. The van der Waals surface area contributed by atoms with Gasteiger partial charge in [-0.05, 0) is 18.9 Å². The fraction of sp³-hybridized carbons (Fsp3) is 0.375. The van der Waals surface area contributed by atoms with E-state index in [1.165, 1.54) is 7.11 Å². The molecule has 0 amide bonds. The summed E-state index contributed by atoms with van der Waals surface area (Å²) in [6.45, 7) is 1.20. The normalized spacial score (nSPS) is 18.0. The van der Waals surface area contributed by atoms with E-state index in [0.29, 0.717) is 22.9 Å². The molecule has 0 spiro atoms. The van der Waals surface area contributed by atoms with E-state index >= 15 is 0 Å². The average Bonchev–Trinajstić information content (AvgIpc) is 3.02. The van der Waals surface area contributed by atoms with Crippen molar-refractivity contribution in [3.05, 3.63) is 46.4 Å². The second-order valence-electron chi connectivity index (χ2n) is 5.17. The number of benzene rings is 1. The lowest BCUT2D eigenvalue weighted by Crippen LogP contribution is -2.27. The molecule has 2 aromatic rings. The quantitative estimate of drug-likeness (QED) is 0.810. The van der Waals surface area contributed by atoms with E-state index in [2.05, 4.69) is 0 Å². The SMILES string of the molecule is COC(=O)c1cn(CC2CCCO2)c(=O)c2ccccc12. The van der Waals surface area contributed by atoms with Crippen molar-refractivity contribution in [3.63, 3.8) is 0 Å². The van der Waals surface area contributed by atoms with Gasteiger partial charge in [0, 0.05) is 23.6 Å². The smallest absolute Gasteiger partial charge is 0.339 e. The van der Waals surface area contributed by atoms with Crippen LogP contribution >= 0.6 is 0 Å². The number of rotatable bonds is 3. The van der Waals surface area contributed by atoms with E-state index in [1.807, 2.05) is 0 Å². The van der Waals surface area contributed by atoms with Crippen molar-refractivity contribution in [1.82, 2.24) is 4.57 Å². The highest BCUT2D eigenvalue weighted by Crippen LogP contribution is 2.18. The Morgan fingerprint density at radius 1 is 1.38 bits per heavy atom. The van der Waals surface area contributed by atoms with Crippen molar-refractivity contribution in [2.45, 2.75) is 25.5 Å². The maximum absolute atomic E-state index is 12.5. The summed E-state index contributed by atoms with van der Waals surface area (Å²) >= 11 is 0. The van der Waals surface area contributed by atoms with Crippen molar-refractivity contribution >= 4 is 16.7 Å². The van der Waals surface area contributed by atoms with Gasteiger partial charge >= 0.3 is 5.97 Å². The van der Waals surface area contributed by atoms with Crippen LogP contribution in [0.4, 0.5) is 0 Å². The summed E-state index contributed by atoms with van der Waals surface area (Å²) in [4.78, 5) is 24.5. The van der Waals surface area contributed by atoms with E-state index in [0.717, 1.165) is 19.4 Å². The molecule has 1 atom stereocenters. The van der Waals surface area contributed by atoms with Gasteiger partial charge in [-0.15, -0.1) is 0 Å². The standard InChI is InChI=1S/C16H17NO4/c1-20-16(19)14-10-17(9-11-5-4-8-21-11)15(18)13-7-3-2-6-12(13)14/h2-3,6-7,10-11H,4-5,8-9H2,1H3. The monoisotopic (exact) mass is 287 g/mol. The van der Waals surface area contributed by atoms with Crippen molar-refractivity contribution < 1.29 is 14.3 Å². The minimum atomic E-state index is -0.438. The molecule has 3 rings (SSSR count). The Labute approximate surface area is 122 Å². The highest BCUT2D eigenvalue weighted by molar-refractivity contribution is 6.03. The molecule has 1 aromatic carbocycles. The van der Waals surface area contributed by atoms with Gasteiger partial charge in [0.15, 0.2) is 0 Å². The highest BCUT2D eigenvalue weighted by atomic mass is 16.5. The summed E-state index contributed by atoms with van der Waals surface area (Å²) in [6.07, 6.45) is 3.57. The first-order valence-corrected chi connectivity index (χ1v) is 7.03. The number of hydrogen-bond acceptors (Lipinski definition) is 4. The van der Waals surface area contributed by atoms with Crippen LogP contribution in [0.5, 0.6) is 0 Å². The molecule has 0 bridgehead atoms. The second kappa shape index (κ2) is 5.69. The number of carbonyl (C=O) groups is 1. The lowest BCUT2D eigenvalue weighted by atomic mass is 10.1. The third-order valence-electron chi connectivity index (χ3n) is 3.82. The minimum absolute atomic E-state index is 0.0364. The number of ether oxygens (including phenoxy) is 2. The zero-order valence-electron chi connectivity index (χ0n) is 11.9. The van der Waals surface area contributed by atoms with Crippen LogP contribution < -0.4 is 5.56 Å². The van der Waals surface area contributed by atoms with Crippen molar-refractivity contribution in [2.75, 3.05) is 13.7 Å². The number of nitrogens with zero attached hydrogens (tertiary/aromatic N) is 1. The van der Waals surface area contributed by atoms with E-state index < -0.39 is 5.97 Å². The van der Waals surface area contributed by atoms with E-state index in [-0.39, 0.29) is 11.7 Å². The van der Waals surface area contributed by atoms with Crippen LogP contribution in [0, 0.1) is 0 Å². The summed E-state index contributed by atoms with van der Waals surface area (Å²) < 4.78 is 12.0. The number of carbonyl (C=O) groups excluding carboxylic acids is 1. The summed E-state index contributed by atoms with van der Waals surface area (Å²) in [6, 6.07) is 7.09. The molecule has 1 aliphatic heterocycles. The van der Waals surface area contributed by atoms with Gasteiger partial charge in [-0.2, -0.15) is 0 Å². The van der Waals surface area contributed by atoms with Gasteiger partial charge in [0.1, 0.15) is 0 Å². The Bertz CT molecular complexity index is 729.